The fourth-order valence-electron chi connectivity index (χ4n) is 3.21. The van der Waals surface area contributed by atoms with Crippen molar-refractivity contribution in [3.8, 4) is 11.3 Å². The molecule has 1 fully saturated rings. The number of carbonyl (C=O) groups is 1. The minimum atomic E-state index is 0.169. The molecule has 0 unspecified atom stereocenters. The van der Waals surface area contributed by atoms with Crippen LogP contribution in [0.25, 0.3) is 11.3 Å². The number of anilines is 1. The lowest BCUT2D eigenvalue weighted by molar-refractivity contribution is -0.119. The van der Waals surface area contributed by atoms with Crippen molar-refractivity contribution in [1.29, 1.82) is 0 Å². The van der Waals surface area contributed by atoms with Gasteiger partial charge in [-0.25, -0.2) is 4.98 Å². The number of benzene rings is 1. The van der Waals surface area contributed by atoms with Crippen LogP contribution in [-0.4, -0.2) is 21.2 Å². The molecular formula is C17H19N3OS. The highest BCUT2D eigenvalue weighted by Crippen LogP contribution is 2.30. The Hall–Kier alpha value is -1.75. The quantitative estimate of drug-likeness (QED) is 0.938. The van der Waals surface area contributed by atoms with Crippen LogP contribution in [0.1, 0.15) is 25.7 Å². The normalized spacial score (nSPS) is 17.6. The molecule has 0 bridgehead atoms. The van der Waals surface area contributed by atoms with Crippen molar-refractivity contribution >= 4 is 23.4 Å². The number of amides is 1. The zero-order chi connectivity index (χ0) is 14.9. The van der Waals surface area contributed by atoms with Gasteiger partial charge in [0.15, 0.2) is 5.16 Å². The molecule has 2 aliphatic rings. The van der Waals surface area contributed by atoms with Crippen LogP contribution < -0.4 is 5.32 Å². The number of aryl methyl sites for hydroxylation is 1. The van der Waals surface area contributed by atoms with Crippen LogP contribution in [0.15, 0.2) is 35.6 Å². The van der Waals surface area contributed by atoms with E-state index in [2.05, 4.69) is 21.1 Å². The summed E-state index contributed by atoms with van der Waals surface area (Å²) in [6.45, 7) is 1.04. The number of rotatable bonds is 3. The Balaban J connectivity index is 1.46. The van der Waals surface area contributed by atoms with Gasteiger partial charge in [0.25, 0.3) is 0 Å². The number of imidazole rings is 1. The summed E-state index contributed by atoms with van der Waals surface area (Å²) >= 11 is 1.80. The lowest BCUT2D eigenvalue weighted by Gasteiger charge is -2.10. The van der Waals surface area contributed by atoms with Gasteiger partial charge in [-0.2, -0.15) is 0 Å². The van der Waals surface area contributed by atoms with E-state index in [1.54, 1.807) is 11.8 Å². The maximum atomic E-state index is 12.1. The summed E-state index contributed by atoms with van der Waals surface area (Å²) in [7, 11) is 0. The molecule has 0 saturated heterocycles. The first-order valence-corrected chi connectivity index (χ1v) is 8.89. The number of fused-ring (bicyclic) bond motifs is 1. The van der Waals surface area contributed by atoms with Gasteiger partial charge < -0.3 is 9.88 Å². The summed E-state index contributed by atoms with van der Waals surface area (Å²) in [6, 6.07) is 8.01. The molecule has 1 aromatic carbocycles. The van der Waals surface area contributed by atoms with Gasteiger partial charge in [-0.15, -0.1) is 0 Å². The molecule has 1 saturated carbocycles. The van der Waals surface area contributed by atoms with Crippen LogP contribution in [0.3, 0.4) is 0 Å². The second-order valence-electron chi connectivity index (χ2n) is 6.00. The molecular weight excluding hydrogens is 294 g/mol. The molecule has 0 spiro atoms. The average molecular weight is 313 g/mol. The van der Waals surface area contributed by atoms with Crippen LogP contribution in [-0.2, 0) is 11.3 Å². The van der Waals surface area contributed by atoms with Gasteiger partial charge in [0.2, 0.25) is 5.91 Å². The lowest BCUT2D eigenvalue weighted by Crippen LogP contribution is -2.20. The maximum Gasteiger partial charge on any atom is 0.227 e. The summed E-state index contributed by atoms with van der Waals surface area (Å²) in [4.78, 5) is 16.8. The number of hydrogen-bond donors (Lipinski definition) is 1. The van der Waals surface area contributed by atoms with Crippen LogP contribution in [0, 0.1) is 5.92 Å². The molecule has 1 aromatic heterocycles. The summed E-state index contributed by atoms with van der Waals surface area (Å²) < 4.78 is 2.20. The zero-order valence-electron chi connectivity index (χ0n) is 12.4. The van der Waals surface area contributed by atoms with Gasteiger partial charge in [0.05, 0.1) is 5.69 Å². The third-order valence-corrected chi connectivity index (χ3v) is 5.45. The largest absolute Gasteiger partial charge is 0.326 e. The van der Waals surface area contributed by atoms with E-state index >= 15 is 0 Å². The Morgan fingerprint density at radius 3 is 2.73 bits per heavy atom. The van der Waals surface area contributed by atoms with Crippen LogP contribution in [0.5, 0.6) is 0 Å². The number of nitrogens with one attached hydrogen (secondary N) is 1. The number of thioether (sulfide) groups is 1. The molecule has 0 atom stereocenters. The van der Waals surface area contributed by atoms with E-state index < -0.39 is 0 Å². The summed E-state index contributed by atoms with van der Waals surface area (Å²) in [5.41, 5.74) is 2.99. The first kappa shape index (κ1) is 13.9. The van der Waals surface area contributed by atoms with Crippen molar-refractivity contribution in [1.82, 2.24) is 9.55 Å². The summed E-state index contributed by atoms with van der Waals surface area (Å²) in [5, 5.41) is 4.14. The fourth-order valence-corrected chi connectivity index (χ4v) is 4.15. The van der Waals surface area contributed by atoms with Gasteiger partial charge in [-0.05, 0) is 25.0 Å². The van der Waals surface area contributed by atoms with E-state index in [0.717, 1.165) is 47.2 Å². The molecule has 4 rings (SSSR count). The molecule has 1 aliphatic carbocycles. The van der Waals surface area contributed by atoms with Gasteiger partial charge in [-0.3, -0.25) is 4.79 Å². The Morgan fingerprint density at radius 2 is 2.00 bits per heavy atom. The van der Waals surface area contributed by atoms with Crippen LogP contribution in [0.4, 0.5) is 5.69 Å². The molecule has 5 heteroatoms. The van der Waals surface area contributed by atoms with Gasteiger partial charge in [0, 0.05) is 35.7 Å². The predicted octanol–water partition coefficient (Wildman–Crippen LogP) is 3.78. The SMILES string of the molecule is O=C(Nc1ccc(-c2cn3c(n2)SCC3)cc1)C1CCCC1. The third-order valence-electron chi connectivity index (χ3n) is 4.48. The number of nitrogens with zero attached hydrogens (tertiary/aromatic N) is 2. The molecule has 1 aliphatic heterocycles. The van der Waals surface area contributed by atoms with E-state index in [1.165, 1.54) is 12.8 Å². The molecule has 2 aromatic rings. The van der Waals surface area contributed by atoms with E-state index in [4.69, 9.17) is 0 Å². The first-order chi connectivity index (χ1) is 10.8. The fraction of sp³-hybridized carbons (Fsp3) is 0.412. The van der Waals surface area contributed by atoms with Crippen molar-refractivity contribution < 1.29 is 4.79 Å². The summed E-state index contributed by atoms with van der Waals surface area (Å²) in [5.74, 6) is 1.49. The van der Waals surface area contributed by atoms with Crippen LogP contribution in [0.2, 0.25) is 0 Å². The number of carbonyl (C=O) groups excluding carboxylic acids is 1. The minimum Gasteiger partial charge on any atom is -0.326 e. The third kappa shape index (κ3) is 2.65. The predicted molar refractivity (Wildman–Crippen MR) is 89.0 cm³/mol. The Kier molecular flexibility index (Phi) is 3.66. The summed E-state index contributed by atoms with van der Waals surface area (Å²) in [6.07, 6.45) is 6.53. The Morgan fingerprint density at radius 1 is 1.23 bits per heavy atom. The first-order valence-electron chi connectivity index (χ1n) is 7.91. The molecule has 1 N–H and O–H groups in total. The average Bonchev–Trinajstić information content (AvgIpc) is 3.24. The molecule has 4 nitrogen and oxygen atoms in total. The van der Waals surface area contributed by atoms with Gasteiger partial charge in [0.1, 0.15) is 0 Å². The molecule has 0 radical (unpaired) electrons. The van der Waals surface area contributed by atoms with E-state index in [9.17, 15) is 4.79 Å². The van der Waals surface area contributed by atoms with Gasteiger partial charge in [-0.1, -0.05) is 36.7 Å². The van der Waals surface area contributed by atoms with Gasteiger partial charge >= 0.3 is 0 Å². The standard InChI is InChI=1S/C17H19N3OS/c21-16(13-3-1-2-4-13)18-14-7-5-12(6-8-14)15-11-20-9-10-22-17(20)19-15/h5-8,11,13H,1-4,9-10H2,(H,18,21). The van der Waals surface area contributed by atoms with E-state index in [-0.39, 0.29) is 11.8 Å². The monoisotopic (exact) mass is 313 g/mol. The molecule has 2 heterocycles. The van der Waals surface area contributed by atoms with Crippen LogP contribution >= 0.6 is 11.8 Å². The lowest BCUT2D eigenvalue weighted by atomic mass is 10.1. The molecule has 114 valence electrons. The highest BCUT2D eigenvalue weighted by molar-refractivity contribution is 7.99. The second-order valence-corrected chi connectivity index (χ2v) is 7.06. The zero-order valence-corrected chi connectivity index (χ0v) is 13.2. The number of aromatic nitrogens is 2. The highest BCUT2D eigenvalue weighted by atomic mass is 32.2. The van der Waals surface area contributed by atoms with Crippen molar-refractivity contribution in [2.24, 2.45) is 5.92 Å². The maximum absolute atomic E-state index is 12.1. The number of hydrogen-bond acceptors (Lipinski definition) is 3. The second kappa shape index (κ2) is 5.80. The van der Waals surface area contributed by atoms with Crippen molar-refractivity contribution in [2.45, 2.75) is 37.4 Å². The van der Waals surface area contributed by atoms with Crippen molar-refractivity contribution in [3.05, 3.63) is 30.5 Å². The van der Waals surface area contributed by atoms with Crippen molar-refractivity contribution in [2.75, 3.05) is 11.1 Å². The van der Waals surface area contributed by atoms with Crippen molar-refractivity contribution in [3.63, 3.8) is 0 Å². The Labute approximate surface area is 134 Å². The molecule has 1 amide bonds. The highest BCUT2D eigenvalue weighted by Gasteiger charge is 2.22. The smallest absolute Gasteiger partial charge is 0.227 e. The van der Waals surface area contributed by atoms with E-state index in [1.807, 2.05) is 24.3 Å². The molecule has 22 heavy (non-hydrogen) atoms. The topological polar surface area (TPSA) is 46.9 Å². The minimum absolute atomic E-state index is 0.169. The van der Waals surface area contributed by atoms with E-state index in [0.29, 0.717) is 0 Å². The Bertz CT molecular complexity index is 665.